The van der Waals surface area contributed by atoms with Gasteiger partial charge in [0.1, 0.15) is 5.01 Å². The number of nitrogens with one attached hydrogen (secondary N) is 1. The minimum absolute atomic E-state index is 0.0810. The number of carbonyl (C=O) groups excluding carboxylic acids is 2. The topological polar surface area (TPSA) is 88.1 Å². The minimum atomic E-state index is -0.356. The summed E-state index contributed by atoms with van der Waals surface area (Å²) in [6, 6.07) is 10.0. The molecule has 28 heavy (non-hydrogen) atoms. The van der Waals surface area contributed by atoms with Gasteiger partial charge in [-0.3, -0.25) is 14.5 Å². The van der Waals surface area contributed by atoms with E-state index in [1.54, 1.807) is 22.4 Å². The quantitative estimate of drug-likeness (QED) is 0.642. The number of amides is 2. The Kier molecular flexibility index (Phi) is 5.73. The van der Waals surface area contributed by atoms with E-state index in [1.807, 2.05) is 35.7 Å². The zero-order chi connectivity index (χ0) is 19.3. The molecule has 0 aliphatic carbocycles. The lowest BCUT2D eigenvalue weighted by Gasteiger charge is -2.12. The molecular weight excluding hydrogens is 394 g/mol. The van der Waals surface area contributed by atoms with Crippen molar-refractivity contribution in [3.05, 3.63) is 57.5 Å². The van der Waals surface area contributed by atoms with Crippen LogP contribution in [0.2, 0.25) is 0 Å². The Hall–Kier alpha value is -2.65. The average Bonchev–Trinajstić information content (AvgIpc) is 3.44. The summed E-state index contributed by atoms with van der Waals surface area (Å²) in [6.07, 6.45) is 3.34. The van der Waals surface area contributed by atoms with Crippen LogP contribution >= 0.6 is 22.7 Å². The number of nitrogens with zero attached hydrogens (tertiary/aromatic N) is 4. The van der Waals surface area contributed by atoms with E-state index in [0.29, 0.717) is 31.1 Å². The molecule has 1 aliphatic heterocycles. The molecule has 1 aliphatic rings. The highest BCUT2D eigenvalue weighted by Gasteiger charge is 2.36. The monoisotopic (exact) mass is 413 g/mol. The van der Waals surface area contributed by atoms with Crippen molar-refractivity contribution >= 4 is 39.6 Å². The molecule has 2 amide bonds. The smallest absolute Gasteiger partial charge is 0.229 e. The standard InChI is InChI=1S/C19H19N5O2S2/c25-17-11-14(18(26)21-7-6-15-20-8-9-27-15)12-24(17)19-23-22-16(28-19)10-13-4-2-1-3-5-13/h1-5,8-9,14H,6-7,10-12H2,(H,21,26). The molecule has 0 radical (unpaired) electrons. The molecule has 9 heteroatoms. The number of aromatic nitrogens is 3. The van der Waals surface area contributed by atoms with Crippen LogP contribution < -0.4 is 10.2 Å². The highest BCUT2D eigenvalue weighted by Crippen LogP contribution is 2.28. The van der Waals surface area contributed by atoms with E-state index in [2.05, 4.69) is 20.5 Å². The predicted octanol–water partition coefficient (Wildman–Crippen LogP) is 2.30. The fraction of sp³-hybridized carbons (Fsp3) is 0.316. The summed E-state index contributed by atoms with van der Waals surface area (Å²) < 4.78 is 0. The zero-order valence-corrected chi connectivity index (χ0v) is 16.7. The largest absolute Gasteiger partial charge is 0.355 e. The Morgan fingerprint density at radius 3 is 2.86 bits per heavy atom. The Bertz CT molecular complexity index is 942. The molecule has 1 saturated heterocycles. The van der Waals surface area contributed by atoms with Crippen molar-refractivity contribution in [1.82, 2.24) is 20.5 Å². The third kappa shape index (κ3) is 4.42. The molecule has 1 aromatic carbocycles. The Labute approximate surface area is 170 Å². The molecule has 7 nitrogen and oxygen atoms in total. The van der Waals surface area contributed by atoms with Crippen molar-refractivity contribution in [3.8, 4) is 0 Å². The molecule has 4 rings (SSSR count). The van der Waals surface area contributed by atoms with Crippen molar-refractivity contribution in [3.63, 3.8) is 0 Å². The van der Waals surface area contributed by atoms with E-state index in [9.17, 15) is 9.59 Å². The fourth-order valence-electron chi connectivity index (χ4n) is 3.08. The Balaban J connectivity index is 1.32. The van der Waals surface area contributed by atoms with Crippen LogP contribution in [0.3, 0.4) is 0 Å². The van der Waals surface area contributed by atoms with Gasteiger partial charge in [-0.05, 0) is 5.56 Å². The van der Waals surface area contributed by atoms with E-state index < -0.39 is 0 Å². The SMILES string of the molecule is O=C(NCCc1nccs1)C1CC(=O)N(c2nnc(Cc3ccccc3)s2)C1. The first kappa shape index (κ1) is 18.7. The van der Waals surface area contributed by atoms with Gasteiger partial charge < -0.3 is 5.32 Å². The summed E-state index contributed by atoms with van der Waals surface area (Å²) in [5, 5.41) is 15.6. The van der Waals surface area contributed by atoms with Crippen LogP contribution in [0.15, 0.2) is 41.9 Å². The van der Waals surface area contributed by atoms with Crippen LogP contribution in [0, 0.1) is 5.92 Å². The molecule has 3 heterocycles. The first-order valence-corrected chi connectivity index (χ1v) is 10.7. The summed E-state index contributed by atoms with van der Waals surface area (Å²) in [5.74, 6) is -0.533. The van der Waals surface area contributed by atoms with Gasteiger partial charge in [-0.2, -0.15) is 0 Å². The molecule has 1 N–H and O–H groups in total. The number of benzene rings is 1. The van der Waals surface area contributed by atoms with Crippen LogP contribution in [0.4, 0.5) is 5.13 Å². The van der Waals surface area contributed by atoms with Gasteiger partial charge in [0.05, 0.1) is 10.9 Å². The van der Waals surface area contributed by atoms with Crippen molar-refractivity contribution in [2.24, 2.45) is 5.92 Å². The average molecular weight is 414 g/mol. The summed E-state index contributed by atoms with van der Waals surface area (Å²) in [7, 11) is 0. The molecule has 1 fully saturated rings. The maximum Gasteiger partial charge on any atom is 0.229 e. The highest BCUT2D eigenvalue weighted by molar-refractivity contribution is 7.15. The van der Waals surface area contributed by atoms with Gasteiger partial charge in [0.2, 0.25) is 16.9 Å². The van der Waals surface area contributed by atoms with Gasteiger partial charge in [-0.1, -0.05) is 41.7 Å². The van der Waals surface area contributed by atoms with E-state index in [-0.39, 0.29) is 24.2 Å². The highest BCUT2D eigenvalue weighted by atomic mass is 32.1. The molecule has 0 saturated carbocycles. The molecule has 1 unspecified atom stereocenters. The molecule has 3 aromatic rings. The summed E-state index contributed by atoms with van der Waals surface area (Å²) in [5.41, 5.74) is 1.15. The van der Waals surface area contributed by atoms with Crippen molar-refractivity contribution in [1.29, 1.82) is 0 Å². The van der Waals surface area contributed by atoms with Gasteiger partial charge in [0.25, 0.3) is 0 Å². The second-order valence-corrected chi connectivity index (χ2v) is 8.53. The molecular formula is C19H19N5O2S2. The second kappa shape index (κ2) is 8.57. The maximum atomic E-state index is 12.4. The van der Waals surface area contributed by atoms with E-state index >= 15 is 0 Å². The van der Waals surface area contributed by atoms with Crippen molar-refractivity contribution in [2.75, 3.05) is 18.0 Å². The number of anilines is 1. The Morgan fingerprint density at radius 2 is 2.07 bits per heavy atom. The molecule has 1 atom stereocenters. The summed E-state index contributed by atoms with van der Waals surface area (Å²) in [6.45, 7) is 0.874. The number of hydrogen-bond acceptors (Lipinski definition) is 7. The zero-order valence-electron chi connectivity index (χ0n) is 15.1. The molecule has 0 bridgehead atoms. The van der Waals surface area contributed by atoms with Crippen LogP contribution in [-0.2, 0) is 22.4 Å². The van der Waals surface area contributed by atoms with Gasteiger partial charge in [0, 0.05) is 43.9 Å². The normalized spacial score (nSPS) is 16.5. The number of carbonyl (C=O) groups is 2. The maximum absolute atomic E-state index is 12.4. The van der Waals surface area contributed by atoms with Crippen molar-refractivity contribution < 1.29 is 9.59 Å². The molecule has 0 spiro atoms. The van der Waals surface area contributed by atoms with Gasteiger partial charge >= 0.3 is 0 Å². The first-order valence-electron chi connectivity index (χ1n) is 9.02. The van der Waals surface area contributed by atoms with Crippen LogP contribution in [-0.4, -0.2) is 40.1 Å². The second-order valence-electron chi connectivity index (χ2n) is 6.51. The summed E-state index contributed by atoms with van der Waals surface area (Å²) >= 11 is 2.97. The first-order chi connectivity index (χ1) is 13.7. The van der Waals surface area contributed by atoms with E-state index in [1.165, 1.54) is 11.3 Å². The predicted molar refractivity (Wildman–Crippen MR) is 108 cm³/mol. The van der Waals surface area contributed by atoms with Gasteiger partial charge in [-0.15, -0.1) is 21.5 Å². The van der Waals surface area contributed by atoms with E-state index in [4.69, 9.17) is 0 Å². The summed E-state index contributed by atoms with van der Waals surface area (Å²) in [4.78, 5) is 30.6. The third-order valence-electron chi connectivity index (χ3n) is 4.50. The molecule has 144 valence electrons. The number of rotatable bonds is 7. The Morgan fingerprint density at radius 1 is 1.21 bits per heavy atom. The van der Waals surface area contributed by atoms with E-state index in [0.717, 1.165) is 15.6 Å². The lowest BCUT2D eigenvalue weighted by Crippen LogP contribution is -2.34. The van der Waals surface area contributed by atoms with Gasteiger partial charge in [-0.25, -0.2) is 4.98 Å². The lowest BCUT2D eigenvalue weighted by molar-refractivity contribution is -0.126. The fourth-order valence-corrected chi connectivity index (χ4v) is 4.60. The van der Waals surface area contributed by atoms with Gasteiger partial charge in [0.15, 0.2) is 0 Å². The third-order valence-corrected chi connectivity index (χ3v) is 6.29. The minimum Gasteiger partial charge on any atom is -0.355 e. The lowest BCUT2D eigenvalue weighted by atomic mass is 10.1. The van der Waals surface area contributed by atoms with Crippen LogP contribution in [0.1, 0.15) is 22.0 Å². The van der Waals surface area contributed by atoms with Crippen molar-refractivity contribution in [2.45, 2.75) is 19.3 Å². The number of thiazole rings is 1. The van der Waals surface area contributed by atoms with Crippen LogP contribution in [0.5, 0.6) is 0 Å². The van der Waals surface area contributed by atoms with Crippen LogP contribution in [0.25, 0.3) is 0 Å². The number of hydrogen-bond donors (Lipinski definition) is 1. The molecule has 2 aromatic heterocycles.